The Morgan fingerprint density at radius 3 is 1.31 bits per heavy atom. The number of benzene rings is 4. The molecule has 2 heterocycles. The Morgan fingerprint density at radius 1 is 0.513 bits per heavy atom. The molecular formula is C36H36N2O. The quantitative estimate of drug-likeness (QED) is 0.199. The maximum atomic E-state index is 6.92. The molecule has 0 aliphatic rings. The zero-order chi connectivity index (χ0) is 26.9. The van der Waals surface area contributed by atoms with Crippen LogP contribution in [0.1, 0.15) is 48.9 Å². The van der Waals surface area contributed by atoms with E-state index in [-0.39, 0.29) is 0 Å². The second kappa shape index (κ2) is 10.5. The van der Waals surface area contributed by atoms with Gasteiger partial charge in [0, 0.05) is 21.9 Å². The van der Waals surface area contributed by atoms with Gasteiger partial charge in [-0.25, -0.2) is 0 Å². The monoisotopic (exact) mass is 512 g/mol. The highest BCUT2D eigenvalue weighted by molar-refractivity contribution is 5.89. The Bertz CT molecular complexity index is 1620. The van der Waals surface area contributed by atoms with Crippen LogP contribution in [0.25, 0.3) is 44.3 Å². The second-order valence-corrected chi connectivity index (χ2v) is 10.7. The van der Waals surface area contributed by atoms with Gasteiger partial charge in [0.1, 0.15) is 0 Å². The second-order valence-electron chi connectivity index (χ2n) is 10.7. The van der Waals surface area contributed by atoms with Crippen molar-refractivity contribution in [1.29, 1.82) is 0 Å². The molecule has 39 heavy (non-hydrogen) atoms. The fourth-order valence-electron chi connectivity index (χ4n) is 5.54. The molecule has 0 fully saturated rings. The molecule has 6 aromatic rings. The molecule has 3 heteroatoms. The lowest BCUT2D eigenvalue weighted by Gasteiger charge is -2.16. The van der Waals surface area contributed by atoms with E-state index in [2.05, 4.69) is 125 Å². The smallest absolute Gasteiger partial charge is 0.0911 e. The van der Waals surface area contributed by atoms with Crippen molar-refractivity contribution >= 4 is 21.8 Å². The lowest BCUT2D eigenvalue weighted by Crippen LogP contribution is -2.19. The Kier molecular flexibility index (Phi) is 6.74. The van der Waals surface area contributed by atoms with Crippen LogP contribution in [0.4, 0.5) is 0 Å². The van der Waals surface area contributed by atoms with E-state index in [4.69, 9.17) is 4.94 Å². The number of rotatable bonds is 8. The number of hydrogen-bond donors (Lipinski definition) is 0. The number of nitrogens with zero attached hydrogens (tertiary/aromatic N) is 2. The Labute approximate surface area is 231 Å². The molecule has 6 rings (SSSR count). The Morgan fingerprint density at radius 2 is 0.923 bits per heavy atom. The highest BCUT2D eigenvalue weighted by Gasteiger charge is 2.18. The van der Waals surface area contributed by atoms with Gasteiger partial charge < -0.3 is 0 Å². The molecule has 3 nitrogen and oxygen atoms in total. The van der Waals surface area contributed by atoms with E-state index < -0.39 is 0 Å². The van der Waals surface area contributed by atoms with Crippen LogP contribution in [-0.2, 0) is 12.8 Å². The van der Waals surface area contributed by atoms with Gasteiger partial charge in [0.2, 0.25) is 0 Å². The molecule has 0 atom stereocenters. The molecule has 0 radical (unpaired) electrons. The molecule has 0 N–H and O–H groups in total. The summed E-state index contributed by atoms with van der Waals surface area (Å²) >= 11 is 0. The van der Waals surface area contributed by atoms with E-state index in [0.29, 0.717) is 0 Å². The lowest BCUT2D eigenvalue weighted by atomic mass is 10.1. The van der Waals surface area contributed by atoms with Crippen LogP contribution in [0.5, 0.6) is 0 Å². The molecule has 0 spiro atoms. The van der Waals surface area contributed by atoms with Crippen LogP contribution < -0.4 is 4.94 Å². The summed E-state index contributed by atoms with van der Waals surface area (Å²) < 4.78 is 4.00. The van der Waals surface area contributed by atoms with E-state index in [0.717, 1.165) is 59.2 Å². The van der Waals surface area contributed by atoms with E-state index in [1.54, 1.807) is 0 Å². The van der Waals surface area contributed by atoms with Crippen molar-refractivity contribution < 1.29 is 4.94 Å². The minimum absolute atomic E-state index is 1.04. The first-order valence-electron chi connectivity index (χ1n) is 14.2. The minimum Gasteiger partial charge on any atom is -0.281 e. The van der Waals surface area contributed by atoms with Crippen molar-refractivity contribution in [1.82, 2.24) is 9.46 Å². The normalized spacial score (nSPS) is 11.5. The summed E-state index contributed by atoms with van der Waals surface area (Å²) in [6.07, 6.45) is 4.47. The first kappa shape index (κ1) is 25.1. The van der Waals surface area contributed by atoms with Gasteiger partial charge in [-0.05, 0) is 74.2 Å². The third-order valence-electron chi connectivity index (χ3n) is 7.57. The fraction of sp³-hybridized carbons (Fsp3) is 0.222. The molecule has 0 unspecified atom stereocenters. The van der Waals surface area contributed by atoms with E-state index >= 15 is 0 Å². The highest BCUT2D eigenvalue weighted by atomic mass is 16.8. The molecule has 4 aromatic carbocycles. The third-order valence-corrected chi connectivity index (χ3v) is 7.57. The molecule has 0 amide bonds. The van der Waals surface area contributed by atoms with E-state index in [1.165, 1.54) is 33.0 Å². The molecule has 0 aliphatic heterocycles. The van der Waals surface area contributed by atoms with Crippen LogP contribution in [0.15, 0.2) is 97.1 Å². The zero-order valence-corrected chi connectivity index (χ0v) is 23.4. The minimum atomic E-state index is 1.04. The molecule has 0 aliphatic carbocycles. The summed E-state index contributed by atoms with van der Waals surface area (Å²) in [6, 6.07) is 35.4. The summed E-state index contributed by atoms with van der Waals surface area (Å²) in [5.74, 6) is 0. The molecule has 0 saturated carbocycles. The number of fused-ring (bicyclic) bond motifs is 2. The predicted octanol–water partition coefficient (Wildman–Crippen LogP) is 9.34. The molecule has 0 saturated heterocycles. The molecule has 0 bridgehead atoms. The first-order valence-corrected chi connectivity index (χ1v) is 14.2. The van der Waals surface area contributed by atoms with E-state index in [9.17, 15) is 0 Å². The van der Waals surface area contributed by atoms with E-state index in [1.807, 2.05) is 9.46 Å². The number of hydrogen-bond acceptors (Lipinski definition) is 1. The summed E-state index contributed by atoms with van der Waals surface area (Å²) in [7, 11) is 0. The van der Waals surface area contributed by atoms with Gasteiger partial charge in [-0.2, -0.15) is 9.46 Å². The number of aryl methyl sites for hydroxylation is 4. The maximum absolute atomic E-state index is 6.92. The van der Waals surface area contributed by atoms with Gasteiger partial charge in [-0.15, -0.1) is 0 Å². The maximum Gasteiger partial charge on any atom is 0.0911 e. The van der Waals surface area contributed by atoms with Crippen LogP contribution in [0.3, 0.4) is 0 Å². The van der Waals surface area contributed by atoms with Crippen molar-refractivity contribution in [2.75, 3.05) is 0 Å². The molecule has 2 aromatic heterocycles. The predicted molar refractivity (Wildman–Crippen MR) is 164 cm³/mol. The van der Waals surface area contributed by atoms with Gasteiger partial charge in [0.15, 0.2) is 0 Å². The largest absolute Gasteiger partial charge is 0.281 e. The van der Waals surface area contributed by atoms with Crippen molar-refractivity contribution in [2.24, 2.45) is 0 Å². The van der Waals surface area contributed by atoms with Gasteiger partial charge in [0.25, 0.3) is 0 Å². The van der Waals surface area contributed by atoms with Crippen LogP contribution in [-0.4, -0.2) is 9.46 Å². The molecule has 196 valence electrons. The van der Waals surface area contributed by atoms with Crippen LogP contribution >= 0.6 is 0 Å². The molecular weight excluding hydrogens is 476 g/mol. The fourth-order valence-corrected chi connectivity index (χ4v) is 5.54. The summed E-state index contributed by atoms with van der Waals surface area (Å²) in [5, 5.41) is 2.33. The van der Waals surface area contributed by atoms with Crippen molar-refractivity contribution in [3.8, 4) is 22.5 Å². The van der Waals surface area contributed by atoms with Gasteiger partial charge in [0.05, 0.1) is 22.4 Å². The van der Waals surface area contributed by atoms with Crippen molar-refractivity contribution in [3.63, 3.8) is 0 Å². The summed E-state index contributed by atoms with van der Waals surface area (Å²) in [4.78, 5) is 6.92. The van der Waals surface area contributed by atoms with Gasteiger partial charge in [-0.1, -0.05) is 98.5 Å². The number of aromatic nitrogens is 2. The summed E-state index contributed by atoms with van der Waals surface area (Å²) in [6.45, 7) is 8.72. The van der Waals surface area contributed by atoms with Crippen LogP contribution in [0, 0.1) is 13.8 Å². The standard InChI is InChI=1S/C36H36N2O/c1-5-7-27-11-15-29(16-12-27)35-23-31-21-25(3)9-19-33(31)37(35)39-38-34-20-10-26(4)22-32(34)24-36(38)30-17-13-28(8-6-2)14-18-30/h9-24H,5-8H2,1-4H3. The van der Waals surface area contributed by atoms with Gasteiger partial charge in [-0.3, -0.25) is 4.94 Å². The SMILES string of the molecule is CCCc1ccc(-c2cc3cc(C)ccc3n2On2c(-c3ccc(CCC)cc3)cc3cc(C)ccc32)cc1. The average Bonchev–Trinajstić information content (AvgIpc) is 3.47. The zero-order valence-electron chi connectivity index (χ0n) is 23.4. The van der Waals surface area contributed by atoms with Crippen molar-refractivity contribution in [2.45, 2.75) is 53.4 Å². The Hall–Kier alpha value is -4.24. The topological polar surface area (TPSA) is 19.1 Å². The Balaban J connectivity index is 1.52. The first-order chi connectivity index (χ1) is 19.0. The summed E-state index contributed by atoms with van der Waals surface area (Å²) in [5.41, 5.74) is 11.6. The van der Waals surface area contributed by atoms with Gasteiger partial charge >= 0.3 is 0 Å². The highest BCUT2D eigenvalue weighted by Crippen LogP contribution is 2.32. The average molecular weight is 513 g/mol. The third kappa shape index (κ3) is 4.85. The van der Waals surface area contributed by atoms with Crippen LogP contribution in [0.2, 0.25) is 0 Å². The van der Waals surface area contributed by atoms with Crippen molar-refractivity contribution in [3.05, 3.63) is 119 Å². The lowest BCUT2D eigenvalue weighted by molar-refractivity contribution is 0.0581.